The summed E-state index contributed by atoms with van der Waals surface area (Å²) in [4.78, 5) is 29.8. The van der Waals surface area contributed by atoms with Gasteiger partial charge in [0.15, 0.2) is 5.78 Å². The molecule has 8 heteroatoms. The van der Waals surface area contributed by atoms with Crippen molar-refractivity contribution in [1.29, 1.82) is 0 Å². The number of anilines is 1. The van der Waals surface area contributed by atoms with Crippen molar-refractivity contribution >= 4 is 29.0 Å². The minimum absolute atomic E-state index is 0.0839. The van der Waals surface area contributed by atoms with Crippen molar-refractivity contribution in [2.75, 3.05) is 5.32 Å². The summed E-state index contributed by atoms with van der Waals surface area (Å²) in [6.45, 7) is 0. The maximum absolute atomic E-state index is 13.2. The Hall–Kier alpha value is -3.26. The quantitative estimate of drug-likeness (QED) is 0.709. The fraction of sp³-hybridized carbons (Fsp3) is 0.200. The number of hydrogen-bond acceptors (Lipinski definition) is 6. The Morgan fingerprint density at radius 2 is 2.04 bits per heavy atom. The summed E-state index contributed by atoms with van der Waals surface area (Å²) in [5, 5.41) is 18.8. The number of aromatic nitrogens is 3. The smallest absolute Gasteiger partial charge is 0.335 e. The van der Waals surface area contributed by atoms with Gasteiger partial charge in [-0.15, -0.1) is 11.3 Å². The molecule has 1 aliphatic carbocycles. The van der Waals surface area contributed by atoms with Crippen molar-refractivity contribution in [3.63, 3.8) is 0 Å². The molecule has 0 bridgehead atoms. The van der Waals surface area contributed by atoms with Gasteiger partial charge in [-0.1, -0.05) is 18.2 Å². The van der Waals surface area contributed by atoms with E-state index in [1.165, 1.54) is 11.2 Å². The van der Waals surface area contributed by atoms with E-state index in [-0.39, 0.29) is 17.3 Å². The minimum atomic E-state index is -0.981. The third-order valence-electron chi connectivity index (χ3n) is 5.28. The molecule has 140 valence electrons. The molecular weight excluding hydrogens is 376 g/mol. The molecule has 0 radical (unpaired) electrons. The highest BCUT2D eigenvalue weighted by Crippen LogP contribution is 2.44. The average molecular weight is 392 g/mol. The number of nitrogens with zero attached hydrogens (tertiary/aromatic N) is 3. The number of allylic oxidation sites excluding steroid dienone is 2. The molecule has 28 heavy (non-hydrogen) atoms. The van der Waals surface area contributed by atoms with Gasteiger partial charge in [-0.25, -0.2) is 9.48 Å². The van der Waals surface area contributed by atoms with Gasteiger partial charge in [0, 0.05) is 28.5 Å². The molecule has 5 rings (SSSR count). The maximum Gasteiger partial charge on any atom is 0.335 e. The number of fused-ring (bicyclic) bond motifs is 1. The van der Waals surface area contributed by atoms with Crippen LogP contribution in [0.4, 0.5) is 5.95 Å². The Kier molecular flexibility index (Phi) is 3.87. The summed E-state index contributed by atoms with van der Waals surface area (Å²) < 4.78 is 1.69. The van der Waals surface area contributed by atoms with E-state index in [2.05, 4.69) is 21.5 Å². The largest absolute Gasteiger partial charge is 0.478 e. The lowest BCUT2D eigenvalue weighted by Crippen LogP contribution is -2.33. The first-order valence-electron chi connectivity index (χ1n) is 8.91. The molecule has 2 N–H and O–H groups in total. The first-order valence-corrected chi connectivity index (χ1v) is 9.79. The number of rotatable bonds is 3. The summed E-state index contributed by atoms with van der Waals surface area (Å²) in [6.07, 6.45) is 2.65. The lowest BCUT2D eigenvalue weighted by Gasteiger charge is -2.34. The van der Waals surface area contributed by atoms with Crippen LogP contribution in [0.5, 0.6) is 0 Å². The Morgan fingerprint density at radius 3 is 2.75 bits per heavy atom. The molecule has 3 heterocycles. The second kappa shape index (κ2) is 6.42. The van der Waals surface area contributed by atoms with E-state index in [1.807, 2.05) is 11.4 Å². The normalized spacial score (nSPS) is 21.1. The molecular formula is C20H16N4O3S. The Morgan fingerprint density at radius 1 is 1.21 bits per heavy atom. The molecule has 1 aromatic carbocycles. The summed E-state index contributed by atoms with van der Waals surface area (Å²) in [6, 6.07) is 10.3. The van der Waals surface area contributed by atoms with Crippen molar-refractivity contribution in [2.24, 2.45) is 0 Å². The minimum Gasteiger partial charge on any atom is -0.478 e. The van der Waals surface area contributed by atoms with E-state index >= 15 is 0 Å². The first-order chi connectivity index (χ1) is 13.6. The van der Waals surface area contributed by atoms with Gasteiger partial charge in [0.2, 0.25) is 5.95 Å². The summed E-state index contributed by atoms with van der Waals surface area (Å²) >= 11 is 1.67. The van der Waals surface area contributed by atoms with Gasteiger partial charge in [-0.3, -0.25) is 4.79 Å². The number of ketones is 1. The highest BCUT2D eigenvalue weighted by Gasteiger charge is 2.39. The van der Waals surface area contributed by atoms with E-state index in [1.54, 1.807) is 40.3 Å². The van der Waals surface area contributed by atoms with Crippen LogP contribution in [0.15, 0.2) is 59.4 Å². The van der Waals surface area contributed by atoms with Crippen molar-refractivity contribution in [2.45, 2.75) is 24.8 Å². The Bertz CT molecular complexity index is 1100. The lowest BCUT2D eigenvalue weighted by molar-refractivity contribution is -0.116. The van der Waals surface area contributed by atoms with Crippen molar-refractivity contribution in [3.05, 3.63) is 75.4 Å². The van der Waals surface area contributed by atoms with Gasteiger partial charge in [-0.2, -0.15) is 10.1 Å². The van der Waals surface area contributed by atoms with Gasteiger partial charge < -0.3 is 10.4 Å². The molecule has 0 unspecified atom stereocenters. The number of thiophene rings is 1. The number of carbonyl (C=O) groups excluding carboxylic acids is 1. The number of Topliss-reactive ketones (excluding diaryl/α,β-unsaturated/α-hetero) is 1. The van der Waals surface area contributed by atoms with Crippen LogP contribution in [0.25, 0.3) is 0 Å². The molecule has 2 aliphatic rings. The first kappa shape index (κ1) is 16.9. The van der Waals surface area contributed by atoms with E-state index in [0.29, 0.717) is 17.9 Å². The van der Waals surface area contributed by atoms with E-state index < -0.39 is 12.0 Å². The molecule has 0 saturated heterocycles. The zero-order valence-corrected chi connectivity index (χ0v) is 15.5. The van der Waals surface area contributed by atoms with Gasteiger partial charge in [-0.05, 0) is 35.6 Å². The summed E-state index contributed by atoms with van der Waals surface area (Å²) in [5.41, 5.74) is 2.59. The molecule has 2 atom stereocenters. The van der Waals surface area contributed by atoms with Crippen molar-refractivity contribution in [1.82, 2.24) is 14.8 Å². The Labute approximate surface area is 164 Å². The molecule has 1 aliphatic heterocycles. The molecule has 0 fully saturated rings. The second-order valence-electron chi connectivity index (χ2n) is 6.92. The highest BCUT2D eigenvalue weighted by molar-refractivity contribution is 7.10. The van der Waals surface area contributed by atoms with Crippen LogP contribution in [0.2, 0.25) is 0 Å². The van der Waals surface area contributed by atoms with Gasteiger partial charge in [0.25, 0.3) is 0 Å². The number of benzene rings is 1. The van der Waals surface area contributed by atoms with Crippen LogP contribution in [0.3, 0.4) is 0 Å². The predicted molar refractivity (Wildman–Crippen MR) is 104 cm³/mol. The zero-order chi connectivity index (χ0) is 19.3. The van der Waals surface area contributed by atoms with Gasteiger partial charge in [0.1, 0.15) is 12.4 Å². The average Bonchev–Trinajstić information content (AvgIpc) is 3.38. The van der Waals surface area contributed by atoms with Gasteiger partial charge >= 0.3 is 5.97 Å². The summed E-state index contributed by atoms with van der Waals surface area (Å²) in [5.74, 6) is -0.152. The fourth-order valence-electron chi connectivity index (χ4n) is 3.99. The standard InChI is InChI=1S/C20H16N4O3S/c25-15-9-13(16-2-1-7-28-16)8-14-17(15)18(24-20(23-14)21-10-22-24)11-3-5-12(6-4-11)19(26)27/h1-7,10,13,18H,8-9H2,(H,26,27)(H,21,22,23)/t13-,18-/m1/s1. The monoisotopic (exact) mass is 392 g/mol. The van der Waals surface area contributed by atoms with E-state index in [9.17, 15) is 9.59 Å². The number of carbonyl (C=O) groups is 2. The molecule has 2 aromatic heterocycles. The van der Waals surface area contributed by atoms with Crippen molar-refractivity contribution in [3.8, 4) is 0 Å². The van der Waals surface area contributed by atoms with Crippen LogP contribution in [-0.4, -0.2) is 31.6 Å². The zero-order valence-electron chi connectivity index (χ0n) is 14.7. The Balaban J connectivity index is 1.59. The van der Waals surface area contributed by atoms with Crippen molar-refractivity contribution < 1.29 is 14.7 Å². The van der Waals surface area contributed by atoms with Gasteiger partial charge in [0.05, 0.1) is 5.56 Å². The van der Waals surface area contributed by atoms with Crippen LogP contribution < -0.4 is 5.32 Å². The molecule has 0 amide bonds. The molecule has 3 aromatic rings. The van der Waals surface area contributed by atoms with Crippen LogP contribution in [-0.2, 0) is 4.79 Å². The van der Waals surface area contributed by atoms with E-state index in [4.69, 9.17) is 5.11 Å². The summed E-state index contributed by atoms with van der Waals surface area (Å²) in [7, 11) is 0. The number of aromatic carboxylic acids is 1. The molecule has 0 spiro atoms. The highest BCUT2D eigenvalue weighted by atomic mass is 32.1. The third kappa shape index (κ3) is 2.65. The number of hydrogen-bond donors (Lipinski definition) is 2. The van der Waals surface area contributed by atoms with E-state index in [0.717, 1.165) is 17.7 Å². The fourth-order valence-corrected chi connectivity index (χ4v) is 4.82. The topological polar surface area (TPSA) is 97.1 Å². The van der Waals surface area contributed by atoms with Crippen LogP contribution in [0.1, 0.15) is 45.6 Å². The number of nitrogens with one attached hydrogen (secondary N) is 1. The second-order valence-corrected chi connectivity index (χ2v) is 7.90. The lowest BCUT2D eigenvalue weighted by atomic mass is 9.80. The number of carboxylic acids is 1. The van der Waals surface area contributed by atoms with Crippen LogP contribution >= 0.6 is 11.3 Å². The third-order valence-corrected chi connectivity index (χ3v) is 6.32. The predicted octanol–water partition coefficient (Wildman–Crippen LogP) is 3.45. The molecule has 7 nitrogen and oxygen atoms in total. The SMILES string of the molecule is O=C1C[C@H](c2cccs2)CC2=C1[C@@H](c1ccc(C(=O)O)cc1)n1ncnc1N2. The molecule has 0 saturated carbocycles. The number of carboxylic acid groups (broad SMARTS) is 1. The van der Waals surface area contributed by atoms with Crippen LogP contribution in [0, 0.1) is 0 Å². The maximum atomic E-state index is 13.2.